The average Bonchev–Trinajstić information content (AvgIpc) is 3.07. The number of rotatable bonds is 7. The number of hydrogen-bond donors (Lipinski definition) is 0. The molecule has 1 heterocycles. The third kappa shape index (κ3) is 5.55. The summed E-state index contributed by atoms with van der Waals surface area (Å²) in [6.07, 6.45) is 1.72. The first kappa shape index (κ1) is 24.5. The standard InChI is InChI=1S/C25H18Cl2FNO3S2/c1-2-31-22-10-15(6-9-21(22)32-14-16-7-8-17(26)12-20(16)27)11-23-24(30)29(25(33)34-23)19-5-3-4-18(28)13-19/h3-13H,2,14H2,1H3/b23-11-. The highest BCUT2D eigenvalue weighted by Crippen LogP contribution is 2.37. The van der Waals surface area contributed by atoms with Crippen LogP contribution in [0, 0.1) is 5.82 Å². The number of amides is 1. The number of carbonyl (C=O) groups is 1. The molecule has 1 fully saturated rings. The molecule has 0 aromatic heterocycles. The number of hydrogen-bond acceptors (Lipinski definition) is 5. The normalized spacial score (nSPS) is 14.7. The van der Waals surface area contributed by atoms with E-state index in [1.807, 2.05) is 13.0 Å². The van der Waals surface area contributed by atoms with Crippen LogP contribution in [0.3, 0.4) is 0 Å². The Morgan fingerprint density at radius 1 is 1.06 bits per heavy atom. The Balaban J connectivity index is 1.56. The highest BCUT2D eigenvalue weighted by atomic mass is 35.5. The average molecular weight is 534 g/mol. The van der Waals surface area contributed by atoms with Crippen molar-refractivity contribution in [2.45, 2.75) is 13.5 Å². The molecular formula is C25H18Cl2FNO3S2. The number of thioether (sulfide) groups is 1. The van der Waals surface area contributed by atoms with Crippen molar-refractivity contribution in [2.75, 3.05) is 11.5 Å². The minimum absolute atomic E-state index is 0.238. The third-order valence-corrected chi connectivity index (χ3v) is 6.71. The molecule has 1 saturated heterocycles. The second-order valence-corrected chi connectivity index (χ2v) is 9.68. The molecule has 0 bridgehead atoms. The van der Waals surface area contributed by atoms with E-state index in [1.165, 1.54) is 23.1 Å². The number of thiocarbonyl (C=S) groups is 1. The molecule has 0 N–H and O–H groups in total. The van der Waals surface area contributed by atoms with Crippen molar-refractivity contribution in [3.05, 3.63) is 92.6 Å². The number of benzene rings is 3. The Morgan fingerprint density at radius 3 is 2.62 bits per heavy atom. The highest BCUT2D eigenvalue weighted by molar-refractivity contribution is 8.27. The molecule has 174 valence electrons. The van der Waals surface area contributed by atoms with Crippen LogP contribution in [0.2, 0.25) is 10.0 Å². The summed E-state index contributed by atoms with van der Waals surface area (Å²) < 4.78 is 25.7. The molecule has 4 rings (SSSR count). The van der Waals surface area contributed by atoms with Crippen LogP contribution in [-0.4, -0.2) is 16.8 Å². The summed E-state index contributed by atoms with van der Waals surface area (Å²) in [5.74, 6) is 0.322. The zero-order valence-electron chi connectivity index (χ0n) is 17.9. The molecule has 1 aliphatic rings. The first-order chi connectivity index (χ1) is 16.4. The van der Waals surface area contributed by atoms with Crippen LogP contribution in [0.15, 0.2) is 65.6 Å². The van der Waals surface area contributed by atoms with E-state index in [9.17, 15) is 9.18 Å². The fourth-order valence-corrected chi connectivity index (χ4v) is 5.02. The van der Waals surface area contributed by atoms with Gasteiger partial charge in [0.25, 0.3) is 5.91 Å². The summed E-state index contributed by atoms with van der Waals surface area (Å²) in [5, 5.41) is 1.07. The van der Waals surface area contributed by atoms with E-state index >= 15 is 0 Å². The SMILES string of the molecule is CCOc1cc(/C=C2\SC(=S)N(c3cccc(F)c3)C2=O)ccc1OCc1ccc(Cl)cc1Cl. The van der Waals surface area contributed by atoms with Gasteiger partial charge in [0, 0.05) is 15.6 Å². The topological polar surface area (TPSA) is 38.8 Å². The van der Waals surface area contributed by atoms with E-state index in [1.54, 1.807) is 42.5 Å². The van der Waals surface area contributed by atoms with Crippen LogP contribution in [0.25, 0.3) is 6.08 Å². The maximum atomic E-state index is 13.6. The molecule has 0 unspecified atom stereocenters. The number of nitrogens with zero attached hydrogens (tertiary/aromatic N) is 1. The van der Waals surface area contributed by atoms with Crippen molar-refractivity contribution in [3.8, 4) is 11.5 Å². The van der Waals surface area contributed by atoms with Crippen molar-refractivity contribution in [1.29, 1.82) is 0 Å². The molecule has 3 aromatic carbocycles. The largest absolute Gasteiger partial charge is 0.490 e. The van der Waals surface area contributed by atoms with E-state index in [0.717, 1.165) is 22.9 Å². The molecule has 3 aromatic rings. The highest BCUT2D eigenvalue weighted by Gasteiger charge is 2.33. The van der Waals surface area contributed by atoms with Crippen LogP contribution in [0.5, 0.6) is 11.5 Å². The maximum absolute atomic E-state index is 13.6. The Morgan fingerprint density at radius 2 is 1.88 bits per heavy atom. The summed E-state index contributed by atoms with van der Waals surface area (Å²) in [6, 6.07) is 16.4. The summed E-state index contributed by atoms with van der Waals surface area (Å²) in [6.45, 7) is 2.54. The lowest BCUT2D eigenvalue weighted by Gasteiger charge is -2.14. The lowest BCUT2D eigenvalue weighted by atomic mass is 10.1. The van der Waals surface area contributed by atoms with Gasteiger partial charge in [0.05, 0.1) is 17.2 Å². The Hall–Kier alpha value is -2.58. The van der Waals surface area contributed by atoms with E-state index in [2.05, 4.69) is 0 Å². The summed E-state index contributed by atoms with van der Waals surface area (Å²) in [7, 11) is 0. The molecule has 0 atom stereocenters. The van der Waals surface area contributed by atoms with Gasteiger partial charge in [-0.3, -0.25) is 9.69 Å². The second-order valence-electron chi connectivity index (χ2n) is 7.16. The predicted molar refractivity (Wildman–Crippen MR) is 140 cm³/mol. The fourth-order valence-electron chi connectivity index (χ4n) is 3.25. The van der Waals surface area contributed by atoms with Gasteiger partial charge in [0.15, 0.2) is 15.8 Å². The molecular weight excluding hydrogens is 516 g/mol. The molecule has 0 saturated carbocycles. The molecule has 1 amide bonds. The van der Waals surface area contributed by atoms with Crippen molar-refractivity contribution in [1.82, 2.24) is 0 Å². The van der Waals surface area contributed by atoms with Gasteiger partial charge in [-0.1, -0.05) is 65.4 Å². The van der Waals surface area contributed by atoms with Gasteiger partial charge < -0.3 is 9.47 Å². The summed E-state index contributed by atoms with van der Waals surface area (Å²) in [5.41, 5.74) is 1.92. The second kappa shape index (κ2) is 10.8. The van der Waals surface area contributed by atoms with Gasteiger partial charge in [-0.25, -0.2) is 4.39 Å². The van der Waals surface area contributed by atoms with Crippen LogP contribution in [-0.2, 0) is 11.4 Å². The number of carbonyl (C=O) groups excluding carboxylic acids is 1. The summed E-state index contributed by atoms with van der Waals surface area (Å²) >= 11 is 18.7. The predicted octanol–water partition coefficient (Wildman–Crippen LogP) is 7.52. The Kier molecular flexibility index (Phi) is 7.78. The molecule has 4 nitrogen and oxygen atoms in total. The molecule has 34 heavy (non-hydrogen) atoms. The van der Waals surface area contributed by atoms with E-state index in [4.69, 9.17) is 44.9 Å². The van der Waals surface area contributed by atoms with Crippen molar-refractivity contribution in [2.24, 2.45) is 0 Å². The van der Waals surface area contributed by atoms with Gasteiger partial charge in [0.2, 0.25) is 0 Å². The van der Waals surface area contributed by atoms with Gasteiger partial charge in [-0.15, -0.1) is 0 Å². The van der Waals surface area contributed by atoms with Gasteiger partial charge >= 0.3 is 0 Å². The molecule has 0 radical (unpaired) electrons. The van der Waals surface area contributed by atoms with Crippen LogP contribution in [0.1, 0.15) is 18.1 Å². The number of ether oxygens (including phenoxy) is 2. The van der Waals surface area contributed by atoms with Crippen LogP contribution < -0.4 is 14.4 Å². The monoisotopic (exact) mass is 533 g/mol. The fraction of sp³-hybridized carbons (Fsp3) is 0.120. The lowest BCUT2D eigenvalue weighted by molar-refractivity contribution is -0.113. The van der Waals surface area contributed by atoms with Crippen molar-refractivity contribution >= 4 is 69.2 Å². The smallest absolute Gasteiger partial charge is 0.270 e. The van der Waals surface area contributed by atoms with E-state index in [0.29, 0.717) is 43.1 Å². The molecule has 0 aliphatic carbocycles. The minimum atomic E-state index is -0.438. The first-order valence-electron chi connectivity index (χ1n) is 10.2. The third-order valence-electron chi connectivity index (χ3n) is 4.82. The Labute approximate surface area is 216 Å². The molecule has 0 spiro atoms. The lowest BCUT2D eigenvalue weighted by Crippen LogP contribution is -2.27. The summed E-state index contributed by atoms with van der Waals surface area (Å²) in [4.78, 5) is 14.7. The maximum Gasteiger partial charge on any atom is 0.270 e. The first-order valence-corrected chi connectivity index (χ1v) is 12.2. The number of halogens is 3. The van der Waals surface area contributed by atoms with Crippen LogP contribution in [0.4, 0.5) is 10.1 Å². The molecule has 1 aliphatic heterocycles. The van der Waals surface area contributed by atoms with Gasteiger partial charge in [-0.2, -0.15) is 0 Å². The van der Waals surface area contributed by atoms with Crippen molar-refractivity contribution < 1.29 is 18.7 Å². The minimum Gasteiger partial charge on any atom is -0.490 e. The van der Waals surface area contributed by atoms with E-state index in [-0.39, 0.29) is 12.5 Å². The quantitative estimate of drug-likeness (QED) is 0.232. The number of anilines is 1. The van der Waals surface area contributed by atoms with Gasteiger partial charge in [0.1, 0.15) is 12.4 Å². The van der Waals surface area contributed by atoms with Gasteiger partial charge in [-0.05, 0) is 61.0 Å². The molecule has 9 heteroatoms. The van der Waals surface area contributed by atoms with E-state index < -0.39 is 5.82 Å². The van der Waals surface area contributed by atoms with Crippen LogP contribution >= 0.6 is 47.2 Å². The zero-order valence-corrected chi connectivity index (χ0v) is 21.0. The Bertz CT molecular complexity index is 1300. The zero-order chi connectivity index (χ0) is 24.2. The van der Waals surface area contributed by atoms with Crippen molar-refractivity contribution in [3.63, 3.8) is 0 Å².